The minimum absolute atomic E-state index is 0.0422. The van der Waals surface area contributed by atoms with E-state index >= 15 is 0 Å². The van der Waals surface area contributed by atoms with Gasteiger partial charge in [-0.25, -0.2) is 0 Å². The first-order valence-corrected chi connectivity index (χ1v) is 10.9. The van der Waals surface area contributed by atoms with Crippen LogP contribution >= 0.6 is 23.2 Å². The number of hydrogen-bond acceptors (Lipinski definition) is 3. The molecule has 35 heavy (non-hydrogen) atoms. The number of hydrogen-bond donors (Lipinski definition) is 1. The molecule has 0 aromatic heterocycles. The van der Waals surface area contributed by atoms with E-state index in [1.54, 1.807) is 17.0 Å². The van der Waals surface area contributed by atoms with Crippen LogP contribution in [0, 0.1) is 0 Å². The predicted molar refractivity (Wildman–Crippen MR) is 117 cm³/mol. The lowest BCUT2D eigenvalue weighted by atomic mass is 9.93. The van der Waals surface area contributed by atoms with Gasteiger partial charge in [-0.3, -0.25) is 14.5 Å². The summed E-state index contributed by atoms with van der Waals surface area (Å²) in [5, 5.41) is 0.491. The normalized spacial score (nSPS) is 19.1. The highest BCUT2D eigenvalue weighted by Gasteiger charge is 2.41. The minimum atomic E-state index is -5.09. The molecule has 2 aromatic carbocycles. The number of nitrogens with two attached hydrogens (primary N) is 1. The number of amides is 2. The van der Waals surface area contributed by atoms with Crippen LogP contribution in [-0.2, 0) is 17.1 Å². The molecule has 5 nitrogen and oxygen atoms in total. The summed E-state index contributed by atoms with van der Waals surface area (Å²) < 4.78 is 79.6. The van der Waals surface area contributed by atoms with Crippen molar-refractivity contribution >= 4 is 35.0 Å². The number of alkyl halides is 6. The van der Waals surface area contributed by atoms with E-state index in [2.05, 4.69) is 0 Å². The number of likely N-dealkylation sites (tertiary alicyclic amines) is 1. The maximum absolute atomic E-state index is 13.3. The Morgan fingerprint density at radius 3 is 2.03 bits per heavy atom. The summed E-state index contributed by atoms with van der Waals surface area (Å²) in [6, 6.07) is 4.74. The van der Waals surface area contributed by atoms with Gasteiger partial charge in [-0.1, -0.05) is 29.3 Å². The molecular weight excluding hydrogens is 523 g/mol. The Hall–Kier alpha value is -2.50. The second kappa shape index (κ2) is 9.87. The standard InChI is InChI=1S/C22H19Cl2F6N3O2/c1-32(20(35)12-4-13(21(25,26)27)7-14(5-12)22(28,29)30)18-9-33(10-19(31)34)8-15(18)11-2-3-16(23)17(24)6-11/h2-7,15,18H,8-10H2,1H3,(H2,31,34). The number of benzene rings is 2. The molecule has 1 fully saturated rings. The van der Waals surface area contributed by atoms with E-state index in [9.17, 15) is 35.9 Å². The number of carbonyl (C=O) groups excluding carboxylic acids is 2. The van der Waals surface area contributed by atoms with E-state index in [0.717, 1.165) is 4.90 Å². The molecule has 2 N–H and O–H groups in total. The monoisotopic (exact) mass is 541 g/mol. The molecule has 1 heterocycles. The molecule has 0 saturated carbocycles. The molecule has 2 unspecified atom stereocenters. The van der Waals surface area contributed by atoms with Crippen molar-refractivity contribution < 1.29 is 35.9 Å². The first-order chi connectivity index (χ1) is 16.1. The average molecular weight is 542 g/mol. The highest BCUT2D eigenvalue weighted by Crippen LogP contribution is 2.38. The summed E-state index contributed by atoms with van der Waals surface area (Å²) in [7, 11) is 1.28. The summed E-state index contributed by atoms with van der Waals surface area (Å²) >= 11 is 12.1. The van der Waals surface area contributed by atoms with E-state index in [4.69, 9.17) is 28.9 Å². The molecule has 2 aromatic rings. The number of rotatable bonds is 5. The van der Waals surface area contributed by atoms with Crippen molar-refractivity contribution in [1.29, 1.82) is 0 Å². The van der Waals surface area contributed by atoms with Crippen molar-refractivity contribution in [1.82, 2.24) is 9.80 Å². The third-order valence-corrected chi connectivity index (χ3v) is 6.51. The van der Waals surface area contributed by atoms with Gasteiger partial charge in [0.2, 0.25) is 5.91 Å². The molecule has 1 aliphatic heterocycles. The third-order valence-electron chi connectivity index (χ3n) is 5.77. The summed E-state index contributed by atoms with van der Waals surface area (Å²) in [4.78, 5) is 27.3. The Balaban J connectivity index is 2.01. The fourth-order valence-electron chi connectivity index (χ4n) is 4.11. The van der Waals surface area contributed by atoms with Crippen LogP contribution in [-0.4, -0.2) is 54.3 Å². The maximum atomic E-state index is 13.3. The van der Waals surface area contributed by atoms with Crippen LogP contribution in [0.15, 0.2) is 36.4 Å². The lowest BCUT2D eigenvalue weighted by Crippen LogP contribution is -2.42. The number of likely N-dealkylation sites (N-methyl/N-ethyl adjacent to an activating group) is 1. The molecule has 2 atom stereocenters. The lowest BCUT2D eigenvalue weighted by Gasteiger charge is -2.30. The van der Waals surface area contributed by atoms with Gasteiger partial charge in [-0.2, -0.15) is 26.3 Å². The largest absolute Gasteiger partial charge is 0.416 e. The average Bonchev–Trinajstić information content (AvgIpc) is 3.16. The Kier molecular flexibility index (Phi) is 7.64. The zero-order chi connectivity index (χ0) is 26.3. The van der Waals surface area contributed by atoms with Crippen LogP contribution in [0.1, 0.15) is 33.0 Å². The lowest BCUT2D eigenvalue weighted by molar-refractivity contribution is -0.143. The molecule has 1 aliphatic rings. The van der Waals surface area contributed by atoms with Gasteiger partial charge in [0.05, 0.1) is 33.8 Å². The minimum Gasteiger partial charge on any atom is -0.369 e. The van der Waals surface area contributed by atoms with Crippen LogP contribution in [0.5, 0.6) is 0 Å². The molecule has 190 valence electrons. The van der Waals surface area contributed by atoms with Crippen LogP contribution in [0.25, 0.3) is 0 Å². The Morgan fingerprint density at radius 2 is 1.54 bits per heavy atom. The Labute approximate surface area is 206 Å². The first kappa shape index (κ1) is 27.1. The van der Waals surface area contributed by atoms with Gasteiger partial charge < -0.3 is 10.6 Å². The van der Waals surface area contributed by atoms with Gasteiger partial charge >= 0.3 is 12.4 Å². The zero-order valence-corrected chi connectivity index (χ0v) is 19.6. The molecule has 1 saturated heterocycles. The third kappa shape index (κ3) is 6.20. The van der Waals surface area contributed by atoms with Crippen molar-refractivity contribution in [2.75, 3.05) is 26.7 Å². The van der Waals surface area contributed by atoms with Crippen molar-refractivity contribution in [2.24, 2.45) is 5.73 Å². The van der Waals surface area contributed by atoms with Crippen molar-refractivity contribution in [3.8, 4) is 0 Å². The van der Waals surface area contributed by atoms with Crippen LogP contribution < -0.4 is 5.73 Å². The molecule has 13 heteroatoms. The van der Waals surface area contributed by atoms with Crippen molar-refractivity contribution in [3.63, 3.8) is 0 Å². The van der Waals surface area contributed by atoms with E-state index < -0.39 is 52.8 Å². The topological polar surface area (TPSA) is 66.6 Å². The van der Waals surface area contributed by atoms with Crippen LogP contribution in [0.4, 0.5) is 26.3 Å². The SMILES string of the molecule is CN(C(=O)c1cc(C(F)(F)F)cc(C(F)(F)F)c1)C1CN(CC(N)=O)CC1c1ccc(Cl)c(Cl)c1. The number of carbonyl (C=O) groups is 2. The van der Waals surface area contributed by atoms with E-state index in [0.29, 0.717) is 17.7 Å². The number of primary amides is 1. The molecule has 0 spiro atoms. The predicted octanol–water partition coefficient (Wildman–Crippen LogP) is 5.06. The molecule has 0 radical (unpaired) electrons. The van der Waals surface area contributed by atoms with Crippen LogP contribution in [0.3, 0.4) is 0 Å². The first-order valence-electron chi connectivity index (χ1n) is 10.1. The van der Waals surface area contributed by atoms with E-state index in [-0.39, 0.29) is 35.7 Å². The number of halogens is 8. The van der Waals surface area contributed by atoms with Crippen LogP contribution in [0.2, 0.25) is 10.0 Å². The highest BCUT2D eigenvalue weighted by molar-refractivity contribution is 6.42. The van der Waals surface area contributed by atoms with Crippen molar-refractivity contribution in [2.45, 2.75) is 24.3 Å². The van der Waals surface area contributed by atoms with Gasteiger partial charge in [-0.15, -0.1) is 0 Å². The summed E-state index contributed by atoms with van der Waals surface area (Å²) in [5.74, 6) is -2.16. The quantitative estimate of drug-likeness (QED) is 0.538. The van der Waals surface area contributed by atoms with Gasteiger partial charge in [-0.05, 0) is 35.9 Å². The summed E-state index contributed by atoms with van der Waals surface area (Å²) in [6.07, 6.45) is -10.2. The van der Waals surface area contributed by atoms with Gasteiger partial charge in [0.25, 0.3) is 5.91 Å². The molecular formula is C22H19Cl2F6N3O2. The second-order valence-corrected chi connectivity index (χ2v) is 9.03. The molecule has 3 rings (SSSR count). The molecule has 0 bridgehead atoms. The van der Waals surface area contributed by atoms with Gasteiger partial charge in [0, 0.05) is 31.6 Å². The zero-order valence-electron chi connectivity index (χ0n) is 18.1. The summed E-state index contributed by atoms with van der Waals surface area (Å²) in [5.41, 5.74) is 1.95. The van der Waals surface area contributed by atoms with Gasteiger partial charge in [0.15, 0.2) is 0 Å². The van der Waals surface area contributed by atoms with E-state index in [1.165, 1.54) is 13.1 Å². The fourth-order valence-corrected chi connectivity index (χ4v) is 4.42. The molecule has 0 aliphatic carbocycles. The summed E-state index contributed by atoms with van der Waals surface area (Å²) in [6.45, 7) is 0.179. The smallest absolute Gasteiger partial charge is 0.369 e. The van der Waals surface area contributed by atoms with Crippen molar-refractivity contribution in [3.05, 3.63) is 68.7 Å². The Bertz CT molecular complexity index is 1110. The van der Waals surface area contributed by atoms with Gasteiger partial charge in [0.1, 0.15) is 0 Å². The maximum Gasteiger partial charge on any atom is 0.416 e. The second-order valence-electron chi connectivity index (χ2n) is 8.22. The highest BCUT2D eigenvalue weighted by atomic mass is 35.5. The Morgan fingerprint density at radius 1 is 0.971 bits per heavy atom. The number of nitrogens with zero attached hydrogens (tertiary/aromatic N) is 2. The fraction of sp³-hybridized carbons (Fsp3) is 0.364. The molecule has 2 amide bonds. The van der Waals surface area contributed by atoms with E-state index in [1.807, 2.05) is 0 Å².